The zero-order valence-corrected chi connectivity index (χ0v) is 17.8. The Hall–Kier alpha value is -3.03. The lowest BCUT2D eigenvalue weighted by molar-refractivity contribution is -0.138. The number of aliphatic hydroxyl groups is 1. The molecular weight excluding hydrogens is 426 g/mol. The van der Waals surface area contributed by atoms with Crippen LogP contribution in [-0.4, -0.2) is 33.7 Å². The highest BCUT2D eigenvalue weighted by Gasteiger charge is 2.34. The first-order chi connectivity index (χ1) is 14.3. The second-order valence-corrected chi connectivity index (χ2v) is 7.74. The van der Waals surface area contributed by atoms with E-state index in [2.05, 4.69) is 4.99 Å². The molecule has 154 valence electrons. The van der Waals surface area contributed by atoms with Crippen LogP contribution >= 0.6 is 23.4 Å². The quantitative estimate of drug-likeness (QED) is 0.641. The monoisotopic (exact) mass is 443 g/mol. The van der Waals surface area contributed by atoms with Crippen molar-refractivity contribution >= 4 is 46.4 Å². The number of ether oxygens (including phenoxy) is 1. The number of hydrogen-bond donors (Lipinski definition) is 2. The zero-order valence-electron chi connectivity index (χ0n) is 16.2. The number of aryl methyl sites for hydroxylation is 1. The van der Waals surface area contributed by atoms with Crippen LogP contribution in [0.15, 0.2) is 63.7 Å². The number of carbonyl (C=O) groups excluding carboxylic acids is 2. The van der Waals surface area contributed by atoms with E-state index in [9.17, 15) is 19.8 Å². The summed E-state index contributed by atoms with van der Waals surface area (Å²) >= 11 is 6.91. The largest absolute Gasteiger partial charge is 0.506 e. The second-order valence-electron chi connectivity index (χ2n) is 6.30. The minimum absolute atomic E-state index is 0.0512. The van der Waals surface area contributed by atoms with Crippen LogP contribution < -0.4 is 0 Å². The molecule has 0 radical (unpaired) electrons. The molecule has 0 aliphatic carbocycles. The molecule has 0 bridgehead atoms. The molecular formula is C22H18ClNO5S. The van der Waals surface area contributed by atoms with Crippen LogP contribution in [0.3, 0.4) is 0 Å². The van der Waals surface area contributed by atoms with Gasteiger partial charge in [0.2, 0.25) is 0 Å². The molecule has 1 amide bonds. The third-order valence-corrected chi connectivity index (χ3v) is 5.54. The first-order valence-electron chi connectivity index (χ1n) is 8.99. The first kappa shape index (κ1) is 21.7. The van der Waals surface area contributed by atoms with E-state index in [0.29, 0.717) is 16.0 Å². The van der Waals surface area contributed by atoms with Gasteiger partial charge in [-0.05, 0) is 49.2 Å². The van der Waals surface area contributed by atoms with Crippen molar-refractivity contribution in [3.63, 3.8) is 0 Å². The molecule has 1 aliphatic heterocycles. The molecule has 0 aromatic heterocycles. The molecule has 1 heterocycles. The van der Waals surface area contributed by atoms with E-state index in [1.165, 1.54) is 12.1 Å². The number of halogens is 1. The van der Waals surface area contributed by atoms with Gasteiger partial charge in [-0.1, -0.05) is 47.6 Å². The molecule has 2 N–H and O–H groups in total. The summed E-state index contributed by atoms with van der Waals surface area (Å²) in [5, 5.41) is 20.4. The third kappa shape index (κ3) is 4.58. The van der Waals surface area contributed by atoms with E-state index < -0.39 is 11.9 Å². The van der Waals surface area contributed by atoms with Gasteiger partial charge in [0.1, 0.15) is 22.1 Å². The average Bonchev–Trinajstić information content (AvgIpc) is 3.00. The number of nitrogens with zero attached hydrogens (tertiary/aromatic N) is 1. The Morgan fingerprint density at radius 1 is 1.20 bits per heavy atom. The maximum absolute atomic E-state index is 12.7. The lowest BCUT2D eigenvalue weighted by Crippen LogP contribution is -2.14. The highest BCUT2D eigenvalue weighted by molar-refractivity contribution is 8.18. The molecule has 6 nitrogen and oxygen atoms in total. The summed E-state index contributed by atoms with van der Waals surface area (Å²) in [6.07, 6.45) is 1.57. The molecule has 0 fully saturated rings. The Labute approximate surface area is 182 Å². The van der Waals surface area contributed by atoms with Gasteiger partial charge in [0.25, 0.3) is 5.91 Å². The summed E-state index contributed by atoms with van der Waals surface area (Å²) in [5.74, 6) is -1.71. The number of phenolic OH excluding ortho intramolecular Hbond substituents is 1. The summed E-state index contributed by atoms with van der Waals surface area (Å²) in [6, 6.07) is 11.5. The van der Waals surface area contributed by atoms with Gasteiger partial charge in [-0.3, -0.25) is 4.79 Å². The van der Waals surface area contributed by atoms with E-state index in [1.54, 1.807) is 44.2 Å². The highest BCUT2D eigenvalue weighted by atomic mass is 35.5. The smallest absolute Gasteiger partial charge is 0.344 e. The lowest BCUT2D eigenvalue weighted by Gasteiger charge is -2.04. The fraction of sp³-hybridized carbons (Fsp3) is 0.136. The number of amides is 1. The minimum Gasteiger partial charge on any atom is -0.506 e. The van der Waals surface area contributed by atoms with E-state index in [0.717, 1.165) is 17.3 Å². The lowest BCUT2D eigenvalue weighted by atomic mass is 10.1. The Morgan fingerprint density at radius 3 is 2.60 bits per heavy atom. The number of rotatable bonds is 4. The Kier molecular flexibility index (Phi) is 6.64. The number of hydrogen-bond acceptors (Lipinski definition) is 6. The number of aromatic hydroxyl groups is 1. The van der Waals surface area contributed by atoms with Crippen LogP contribution in [0.1, 0.15) is 28.4 Å². The molecule has 2 aromatic carbocycles. The SMILES string of the molecule is CCOC(=O)C1=C(O)/C(=C/c2ccc(O)c(Cl)c2)SC1=NC(=O)c1ccccc1C. The van der Waals surface area contributed by atoms with Crippen LogP contribution in [0.2, 0.25) is 5.02 Å². The standard InChI is InChI=1S/C22H18ClNO5S/c1-3-29-22(28)18-19(26)17(11-13-8-9-16(25)15(23)10-13)30-21(18)24-20(27)14-7-5-4-6-12(14)2/h4-11,25-26H,3H2,1-2H3/b17-11-,24-21?. The Bertz CT molecular complexity index is 1120. The number of benzene rings is 2. The van der Waals surface area contributed by atoms with Gasteiger partial charge in [-0.25, -0.2) is 9.79 Å². The molecule has 0 spiro atoms. The maximum Gasteiger partial charge on any atom is 0.344 e. The van der Waals surface area contributed by atoms with Crippen LogP contribution in [0.4, 0.5) is 0 Å². The summed E-state index contributed by atoms with van der Waals surface area (Å²) in [6.45, 7) is 3.53. The van der Waals surface area contributed by atoms with Crippen molar-refractivity contribution < 1.29 is 24.5 Å². The number of carbonyl (C=O) groups is 2. The van der Waals surface area contributed by atoms with Crippen molar-refractivity contribution in [3.05, 3.63) is 80.4 Å². The van der Waals surface area contributed by atoms with Crippen LogP contribution in [0.25, 0.3) is 6.08 Å². The predicted molar refractivity (Wildman–Crippen MR) is 118 cm³/mol. The maximum atomic E-state index is 12.7. The molecule has 0 saturated carbocycles. The minimum atomic E-state index is -0.772. The number of thioether (sulfide) groups is 1. The van der Waals surface area contributed by atoms with Gasteiger partial charge >= 0.3 is 5.97 Å². The van der Waals surface area contributed by atoms with Crippen molar-refractivity contribution in [2.75, 3.05) is 6.61 Å². The number of aliphatic imine (C=N–C) groups is 1. The van der Waals surface area contributed by atoms with E-state index in [-0.39, 0.29) is 33.8 Å². The van der Waals surface area contributed by atoms with Crippen molar-refractivity contribution in [2.24, 2.45) is 4.99 Å². The number of aliphatic hydroxyl groups excluding tert-OH is 1. The predicted octanol–water partition coefficient (Wildman–Crippen LogP) is 5.06. The summed E-state index contributed by atoms with van der Waals surface area (Å²) < 4.78 is 5.03. The summed E-state index contributed by atoms with van der Waals surface area (Å²) in [4.78, 5) is 29.5. The Balaban J connectivity index is 2.04. The fourth-order valence-electron chi connectivity index (χ4n) is 2.72. The summed E-state index contributed by atoms with van der Waals surface area (Å²) in [7, 11) is 0. The number of esters is 1. The van der Waals surface area contributed by atoms with Gasteiger partial charge in [0.05, 0.1) is 16.5 Å². The molecule has 30 heavy (non-hydrogen) atoms. The molecule has 2 aromatic rings. The van der Waals surface area contributed by atoms with Crippen molar-refractivity contribution in [1.29, 1.82) is 0 Å². The van der Waals surface area contributed by atoms with Gasteiger partial charge in [0, 0.05) is 5.56 Å². The molecule has 0 unspecified atom stereocenters. The van der Waals surface area contributed by atoms with Crippen molar-refractivity contribution in [2.45, 2.75) is 13.8 Å². The van der Waals surface area contributed by atoms with Crippen LogP contribution in [-0.2, 0) is 9.53 Å². The van der Waals surface area contributed by atoms with Crippen LogP contribution in [0, 0.1) is 6.92 Å². The second kappa shape index (κ2) is 9.19. The van der Waals surface area contributed by atoms with Crippen LogP contribution in [0.5, 0.6) is 5.75 Å². The van der Waals surface area contributed by atoms with E-state index in [4.69, 9.17) is 16.3 Å². The molecule has 8 heteroatoms. The molecule has 0 atom stereocenters. The average molecular weight is 444 g/mol. The van der Waals surface area contributed by atoms with E-state index in [1.807, 2.05) is 6.07 Å². The zero-order chi connectivity index (χ0) is 21.8. The van der Waals surface area contributed by atoms with Gasteiger partial charge < -0.3 is 14.9 Å². The highest BCUT2D eigenvalue weighted by Crippen LogP contribution is 2.40. The first-order valence-corrected chi connectivity index (χ1v) is 10.2. The van der Waals surface area contributed by atoms with Crippen molar-refractivity contribution in [3.8, 4) is 5.75 Å². The molecule has 1 aliphatic rings. The topological polar surface area (TPSA) is 96.2 Å². The normalized spacial score (nSPS) is 16.4. The fourth-order valence-corrected chi connectivity index (χ4v) is 3.92. The Morgan fingerprint density at radius 2 is 1.93 bits per heavy atom. The molecule has 0 saturated heterocycles. The third-order valence-electron chi connectivity index (χ3n) is 4.22. The van der Waals surface area contributed by atoms with Gasteiger partial charge in [0.15, 0.2) is 0 Å². The van der Waals surface area contributed by atoms with Gasteiger partial charge in [-0.15, -0.1) is 0 Å². The number of phenols is 1. The van der Waals surface area contributed by atoms with E-state index >= 15 is 0 Å². The van der Waals surface area contributed by atoms with Crippen molar-refractivity contribution in [1.82, 2.24) is 0 Å². The molecule has 3 rings (SSSR count). The summed E-state index contributed by atoms with van der Waals surface area (Å²) in [5.41, 5.74) is 1.56. The van der Waals surface area contributed by atoms with Gasteiger partial charge in [-0.2, -0.15) is 0 Å².